The number of rotatable bonds is 2. The Morgan fingerprint density at radius 3 is 2.83 bits per heavy atom. The van der Waals surface area contributed by atoms with E-state index in [0.717, 1.165) is 6.07 Å². The number of nitrogens with one attached hydrogen (secondary N) is 3. The van der Waals surface area contributed by atoms with Gasteiger partial charge in [-0.15, -0.1) is 12.4 Å². The Morgan fingerprint density at radius 1 is 1.41 bits per heavy atom. The molecule has 0 bridgehead atoms. The summed E-state index contributed by atoms with van der Waals surface area (Å²) in [5.41, 5.74) is -0.428. The van der Waals surface area contributed by atoms with Crippen molar-refractivity contribution in [3.8, 4) is 5.75 Å². The van der Waals surface area contributed by atoms with E-state index in [1.54, 1.807) is 7.05 Å². The fourth-order valence-electron chi connectivity index (χ4n) is 3.47. The van der Waals surface area contributed by atoms with Crippen molar-refractivity contribution in [1.29, 1.82) is 0 Å². The Balaban J connectivity index is 0.00000240. The zero-order chi connectivity index (χ0) is 20.1. The van der Waals surface area contributed by atoms with Gasteiger partial charge in [-0.25, -0.2) is 17.5 Å². The predicted molar refractivity (Wildman–Crippen MR) is 108 cm³/mol. The Hall–Kier alpha value is -1.85. The van der Waals surface area contributed by atoms with E-state index < -0.39 is 27.3 Å². The van der Waals surface area contributed by atoms with Crippen molar-refractivity contribution >= 4 is 45.6 Å². The number of anilines is 1. The molecule has 1 amide bonds. The molecule has 29 heavy (non-hydrogen) atoms. The second-order valence-corrected chi connectivity index (χ2v) is 9.02. The highest BCUT2D eigenvalue weighted by atomic mass is 35.5. The molecule has 4 rings (SSSR count). The molecule has 1 fully saturated rings. The summed E-state index contributed by atoms with van der Waals surface area (Å²) in [6.07, 6.45) is 1.92. The highest BCUT2D eigenvalue weighted by Crippen LogP contribution is 2.35. The number of aromatic nitrogens is 1. The van der Waals surface area contributed by atoms with E-state index in [9.17, 15) is 17.6 Å². The normalized spacial score (nSPS) is 22.3. The third-order valence-electron chi connectivity index (χ3n) is 4.87. The van der Waals surface area contributed by atoms with E-state index in [1.807, 2.05) is 0 Å². The Bertz CT molecular complexity index is 1070. The summed E-state index contributed by atoms with van der Waals surface area (Å²) in [6.45, 7) is 1.21. The summed E-state index contributed by atoms with van der Waals surface area (Å²) in [5.74, 6) is -1.21. The molecule has 2 aliphatic rings. The standard InChI is InChI=1S/C17H18ClFN4O4S.ClH/c1-23-7-13-15(27-9-17(4-5-20-8-17)22-28(13,25)26)14(23)16(24)21-10-2-3-12(19)11(18)6-10;/h2-3,6-7,20,22H,4-5,8-9H2,1H3,(H,21,24);1H/t17-;/m1./s1. The molecule has 0 radical (unpaired) electrons. The molecule has 3 N–H and O–H groups in total. The summed E-state index contributed by atoms with van der Waals surface area (Å²) < 4.78 is 49.0. The minimum absolute atomic E-state index is 0. The monoisotopic (exact) mass is 464 g/mol. The van der Waals surface area contributed by atoms with Gasteiger partial charge in [-0.2, -0.15) is 0 Å². The SMILES string of the molecule is Cl.Cn1cc2c(c1C(=O)Nc1ccc(F)c(Cl)c1)OC[C@]1(CCNC1)NS2(=O)=O. The Labute approximate surface area is 178 Å². The third kappa shape index (κ3) is 3.95. The van der Waals surface area contributed by atoms with Crippen LogP contribution in [-0.2, 0) is 17.1 Å². The second kappa shape index (κ2) is 7.77. The van der Waals surface area contributed by atoms with Crippen molar-refractivity contribution in [2.24, 2.45) is 7.05 Å². The number of carbonyl (C=O) groups is 1. The van der Waals surface area contributed by atoms with Gasteiger partial charge in [0.25, 0.3) is 5.91 Å². The van der Waals surface area contributed by atoms with Crippen molar-refractivity contribution < 1.29 is 22.3 Å². The van der Waals surface area contributed by atoms with Crippen molar-refractivity contribution in [2.45, 2.75) is 16.9 Å². The molecular weight excluding hydrogens is 446 g/mol. The van der Waals surface area contributed by atoms with Crippen molar-refractivity contribution in [2.75, 3.05) is 25.0 Å². The van der Waals surface area contributed by atoms with Crippen molar-refractivity contribution in [3.63, 3.8) is 0 Å². The van der Waals surface area contributed by atoms with Crippen molar-refractivity contribution in [3.05, 3.63) is 40.9 Å². The molecule has 2 aliphatic heterocycles. The number of amides is 1. The van der Waals surface area contributed by atoms with Gasteiger partial charge in [0.05, 0.1) is 10.6 Å². The topological polar surface area (TPSA) is 101 Å². The number of aryl methyl sites for hydroxylation is 1. The number of ether oxygens (including phenoxy) is 1. The van der Waals surface area contributed by atoms with Crippen LogP contribution in [0.3, 0.4) is 0 Å². The number of hydrogen-bond donors (Lipinski definition) is 3. The van der Waals surface area contributed by atoms with Crippen LogP contribution in [0.1, 0.15) is 16.9 Å². The van der Waals surface area contributed by atoms with Crippen LogP contribution < -0.4 is 20.1 Å². The highest BCUT2D eigenvalue weighted by molar-refractivity contribution is 7.89. The molecule has 1 atom stereocenters. The van der Waals surface area contributed by atoms with Crippen LogP contribution in [-0.4, -0.2) is 44.1 Å². The maximum atomic E-state index is 13.3. The summed E-state index contributed by atoms with van der Waals surface area (Å²) in [7, 11) is -2.33. The first-order valence-electron chi connectivity index (χ1n) is 8.54. The molecule has 1 saturated heterocycles. The zero-order valence-electron chi connectivity index (χ0n) is 15.3. The summed E-state index contributed by atoms with van der Waals surface area (Å²) in [5, 5.41) is 5.58. The quantitative estimate of drug-likeness (QED) is 0.629. The molecule has 1 spiro atoms. The minimum atomic E-state index is -3.88. The van der Waals surface area contributed by atoms with Gasteiger partial charge in [-0.3, -0.25) is 4.79 Å². The maximum Gasteiger partial charge on any atom is 0.276 e. The first-order chi connectivity index (χ1) is 13.2. The van der Waals surface area contributed by atoms with Gasteiger partial charge in [0.15, 0.2) is 11.4 Å². The lowest BCUT2D eigenvalue weighted by atomic mass is 10.0. The first-order valence-corrected chi connectivity index (χ1v) is 10.4. The van der Waals surface area contributed by atoms with Gasteiger partial charge in [0, 0.05) is 25.5 Å². The minimum Gasteiger partial charge on any atom is -0.488 e. The number of halogens is 3. The lowest BCUT2D eigenvalue weighted by Crippen LogP contribution is -2.52. The van der Waals surface area contributed by atoms with Gasteiger partial charge in [-0.1, -0.05) is 11.6 Å². The molecule has 1 aromatic heterocycles. The molecule has 0 unspecified atom stereocenters. The molecule has 12 heteroatoms. The summed E-state index contributed by atoms with van der Waals surface area (Å²) in [4.78, 5) is 12.7. The average molecular weight is 465 g/mol. The second-order valence-electron chi connectivity index (χ2n) is 6.97. The third-order valence-corrected chi connectivity index (χ3v) is 6.73. The molecule has 3 heterocycles. The molecule has 0 aliphatic carbocycles. The lowest BCUT2D eigenvalue weighted by Gasteiger charge is -2.26. The number of hydrogen-bond acceptors (Lipinski definition) is 5. The maximum absolute atomic E-state index is 13.3. The van der Waals surface area contributed by atoms with Gasteiger partial charge < -0.3 is 19.9 Å². The lowest BCUT2D eigenvalue weighted by molar-refractivity contribution is 0.101. The number of nitrogens with zero attached hydrogens (tertiary/aromatic N) is 1. The Morgan fingerprint density at radius 2 is 2.17 bits per heavy atom. The number of fused-ring (bicyclic) bond motifs is 1. The van der Waals surface area contributed by atoms with Crippen LogP contribution in [0.4, 0.5) is 10.1 Å². The average Bonchev–Trinajstić information content (AvgIpc) is 3.18. The van der Waals surface area contributed by atoms with E-state index in [1.165, 1.54) is 22.9 Å². The Kier molecular flexibility index (Phi) is 5.85. The van der Waals surface area contributed by atoms with Gasteiger partial charge >= 0.3 is 0 Å². The predicted octanol–water partition coefficient (Wildman–Crippen LogP) is 1.89. The highest BCUT2D eigenvalue weighted by Gasteiger charge is 2.44. The smallest absolute Gasteiger partial charge is 0.276 e. The fraction of sp³-hybridized carbons (Fsp3) is 0.353. The van der Waals surface area contributed by atoms with Crippen LogP contribution in [0.2, 0.25) is 5.02 Å². The summed E-state index contributed by atoms with van der Waals surface area (Å²) >= 11 is 5.75. The van der Waals surface area contributed by atoms with E-state index in [2.05, 4.69) is 15.4 Å². The largest absolute Gasteiger partial charge is 0.488 e. The number of sulfonamides is 1. The molecule has 0 saturated carbocycles. The fourth-order valence-corrected chi connectivity index (χ4v) is 5.26. The molecule has 2 aromatic rings. The molecule has 8 nitrogen and oxygen atoms in total. The van der Waals surface area contributed by atoms with E-state index in [-0.39, 0.29) is 46.1 Å². The first kappa shape index (κ1) is 21.8. The van der Waals surface area contributed by atoms with Crippen LogP contribution >= 0.6 is 24.0 Å². The number of carbonyl (C=O) groups excluding carboxylic acids is 1. The zero-order valence-corrected chi connectivity index (χ0v) is 17.7. The van der Waals surface area contributed by atoms with Crippen LogP contribution in [0.25, 0.3) is 0 Å². The van der Waals surface area contributed by atoms with Crippen molar-refractivity contribution in [1.82, 2.24) is 14.6 Å². The van der Waals surface area contributed by atoms with E-state index in [4.69, 9.17) is 16.3 Å². The molecule has 158 valence electrons. The number of benzene rings is 1. The molecule has 1 aromatic carbocycles. The van der Waals surface area contributed by atoms with Crippen LogP contribution in [0, 0.1) is 5.82 Å². The van der Waals surface area contributed by atoms with Crippen LogP contribution in [0.5, 0.6) is 5.75 Å². The summed E-state index contributed by atoms with van der Waals surface area (Å²) in [6, 6.07) is 3.76. The van der Waals surface area contributed by atoms with E-state index in [0.29, 0.717) is 19.5 Å². The van der Waals surface area contributed by atoms with E-state index >= 15 is 0 Å². The van der Waals surface area contributed by atoms with Gasteiger partial charge in [-0.05, 0) is 31.2 Å². The van der Waals surface area contributed by atoms with Crippen LogP contribution in [0.15, 0.2) is 29.3 Å². The van der Waals surface area contributed by atoms with Gasteiger partial charge in [0.1, 0.15) is 17.3 Å². The van der Waals surface area contributed by atoms with Gasteiger partial charge in [0.2, 0.25) is 10.0 Å². The molecular formula is C17H19Cl2FN4O4S.